The lowest BCUT2D eigenvalue weighted by molar-refractivity contribution is 0.373. The Labute approximate surface area is 92.9 Å². The standard InChI is InChI=1S/C10H14N6/c1-6-14-15-10-9(12-2-3-16(6)10)13-8-4-7(11)5-8/h2-3,7-8H,4-5,11H2,1H3,(H,12,13). The van der Waals surface area contributed by atoms with Gasteiger partial charge in [0.05, 0.1) is 0 Å². The van der Waals surface area contributed by atoms with E-state index < -0.39 is 0 Å². The van der Waals surface area contributed by atoms with E-state index in [4.69, 9.17) is 5.73 Å². The topological polar surface area (TPSA) is 81.1 Å². The molecule has 16 heavy (non-hydrogen) atoms. The number of nitrogens with zero attached hydrogens (tertiary/aromatic N) is 4. The smallest absolute Gasteiger partial charge is 0.203 e. The van der Waals surface area contributed by atoms with Gasteiger partial charge in [0.25, 0.3) is 0 Å². The highest BCUT2D eigenvalue weighted by atomic mass is 15.3. The fourth-order valence-electron chi connectivity index (χ4n) is 2.02. The number of aromatic nitrogens is 4. The lowest BCUT2D eigenvalue weighted by atomic mass is 9.88. The molecule has 2 heterocycles. The molecule has 3 N–H and O–H groups in total. The summed E-state index contributed by atoms with van der Waals surface area (Å²) >= 11 is 0. The van der Waals surface area contributed by atoms with E-state index in [9.17, 15) is 0 Å². The fraction of sp³-hybridized carbons (Fsp3) is 0.500. The number of hydrogen-bond donors (Lipinski definition) is 2. The Morgan fingerprint density at radius 2 is 2.25 bits per heavy atom. The summed E-state index contributed by atoms with van der Waals surface area (Å²) in [6.45, 7) is 1.92. The van der Waals surface area contributed by atoms with Gasteiger partial charge in [0.1, 0.15) is 5.82 Å². The summed E-state index contributed by atoms with van der Waals surface area (Å²) < 4.78 is 1.92. The van der Waals surface area contributed by atoms with E-state index in [1.807, 2.05) is 17.5 Å². The van der Waals surface area contributed by atoms with Crippen molar-refractivity contribution in [3.05, 3.63) is 18.2 Å². The summed E-state index contributed by atoms with van der Waals surface area (Å²) in [5.74, 6) is 1.66. The summed E-state index contributed by atoms with van der Waals surface area (Å²) in [5, 5.41) is 11.5. The third-order valence-corrected chi connectivity index (χ3v) is 3.01. The van der Waals surface area contributed by atoms with Gasteiger partial charge in [-0.3, -0.25) is 4.40 Å². The van der Waals surface area contributed by atoms with Crippen molar-refractivity contribution < 1.29 is 0 Å². The van der Waals surface area contributed by atoms with Crippen LogP contribution in [0.5, 0.6) is 0 Å². The molecule has 0 atom stereocenters. The molecule has 2 aromatic rings. The molecule has 1 saturated carbocycles. The highest BCUT2D eigenvalue weighted by molar-refractivity contribution is 5.62. The van der Waals surface area contributed by atoms with E-state index in [1.54, 1.807) is 6.20 Å². The van der Waals surface area contributed by atoms with Crippen LogP contribution in [0.15, 0.2) is 12.4 Å². The number of rotatable bonds is 2. The van der Waals surface area contributed by atoms with Crippen molar-refractivity contribution in [2.24, 2.45) is 5.73 Å². The van der Waals surface area contributed by atoms with Crippen molar-refractivity contribution in [2.75, 3.05) is 5.32 Å². The molecular weight excluding hydrogens is 204 g/mol. The molecule has 3 rings (SSSR count). The highest BCUT2D eigenvalue weighted by Crippen LogP contribution is 2.23. The zero-order valence-corrected chi connectivity index (χ0v) is 9.09. The van der Waals surface area contributed by atoms with Crippen LogP contribution in [0.1, 0.15) is 18.7 Å². The number of anilines is 1. The molecule has 1 fully saturated rings. The summed E-state index contributed by atoms with van der Waals surface area (Å²) in [4.78, 5) is 4.29. The van der Waals surface area contributed by atoms with Crippen LogP contribution in [-0.2, 0) is 0 Å². The van der Waals surface area contributed by atoms with E-state index in [1.165, 1.54) is 0 Å². The van der Waals surface area contributed by atoms with Crippen LogP contribution in [0.3, 0.4) is 0 Å². The number of nitrogens with one attached hydrogen (secondary N) is 1. The Morgan fingerprint density at radius 3 is 3.00 bits per heavy atom. The fourth-order valence-corrected chi connectivity index (χ4v) is 2.02. The zero-order chi connectivity index (χ0) is 11.1. The summed E-state index contributed by atoms with van der Waals surface area (Å²) in [6.07, 6.45) is 5.61. The SMILES string of the molecule is Cc1nnc2c(NC3CC(N)C3)nccn12. The molecule has 0 radical (unpaired) electrons. The first-order valence-electron chi connectivity index (χ1n) is 5.42. The van der Waals surface area contributed by atoms with Gasteiger partial charge in [0, 0.05) is 24.5 Å². The van der Waals surface area contributed by atoms with E-state index in [-0.39, 0.29) is 0 Å². The van der Waals surface area contributed by atoms with Crippen molar-refractivity contribution in [2.45, 2.75) is 31.8 Å². The van der Waals surface area contributed by atoms with E-state index in [2.05, 4.69) is 20.5 Å². The molecular formula is C10H14N6. The molecule has 0 saturated heterocycles. The number of nitrogens with two attached hydrogens (primary N) is 1. The second-order valence-electron chi connectivity index (χ2n) is 4.29. The third kappa shape index (κ3) is 1.42. The van der Waals surface area contributed by atoms with Gasteiger partial charge in [-0.15, -0.1) is 10.2 Å². The van der Waals surface area contributed by atoms with Gasteiger partial charge in [-0.2, -0.15) is 0 Å². The highest BCUT2D eigenvalue weighted by Gasteiger charge is 2.26. The maximum Gasteiger partial charge on any atom is 0.203 e. The van der Waals surface area contributed by atoms with Crippen molar-refractivity contribution in [1.29, 1.82) is 0 Å². The van der Waals surface area contributed by atoms with Crippen molar-refractivity contribution >= 4 is 11.5 Å². The maximum absolute atomic E-state index is 5.75. The minimum atomic E-state index is 0.330. The summed E-state index contributed by atoms with van der Waals surface area (Å²) in [5.41, 5.74) is 6.52. The van der Waals surface area contributed by atoms with Gasteiger partial charge >= 0.3 is 0 Å². The van der Waals surface area contributed by atoms with Gasteiger partial charge in [0.2, 0.25) is 5.65 Å². The average molecular weight is 218 g/mol. The Bertz CT molecular complexity index is 513. The Balaban J connectivity index is 1.91. The minimum absolute atomic E-state index is 0.330. The van der Waals surface area contributed by atoms with E-state index >= 15 is 0 Å². The molecule has 0 spiro atoms. The molecule has 0 bridgehead atoms. The summed E-state index contributed by atoms with van der Waals surface area (Å²) in [6, 6.07) is 0.752. The van der Waals surface area contributed by atoms with Gasteiger partial charge in [-0.05, 0) is 19.8 Å². The first-order valence-corrected chi connectivity index (χ1v) is 5.42. The van der Waals surface area contributed by atoms with Crippen LogP contribution in [0, 0.1) is 6.92 Å². The average Bonchev–Trinajstić information content (AvgIpc) is 2.60. The van der Waals surface area contributed by atoms with Crippen LogP contribution in [-0.4, -0.2) is 31.7 Å². The van der Waals surface area contributed by atoms with Gasteiger partial charge in [-0.25, -0.2) is 4.98 Å². The molecule has 6 heteroatoms. The molecule has 0 unspecified atom stereocenters. The Morgan fingerprint density at radius 1 is 1.44 bits per heavy atom. The predicted octanol–water partition coefficient (Wildman–Crippen LogP) is 0.334. The normalized spacial score (nSPS) is 24.4. The number of fused-ring (bicyclic) bond motifs is 1. The van der Waals surface area contributed by atoms with Crippen LogP contribution in [0.4, 0.5) is 5.82 Å². The second-order valence-corrected chi connectivity index (χ2v) is 4.29. The Kier molecular flexibility index (Phi) is 2.03. The molecule has 84 valence electrons. The van der Waals surface area contributed by atoms with E-state index in [0.29, 0.717) is 12.1 Å². The zero-order valence-electron chi connectivity index (χ0n) is 9.09. The minimum Gasteiger partial charge on any atom is -0.364 e. The molecule has 1 aliphatic rings. The van der Waals surface area contributed by atoms with Crippen molar-refractivity contribution in [3.63, 3.8) is 0 Å². The molecule has 2 aromatic heterocycles. The Hall–Kier alpha value is -1.69. The first-order chi connectivity index (χ1) is 7.74. The van der Waals surface area contributed by atoms with Crippen molar-refractivity contribution in [3.8, 4) is 0 Å². The molecule has 0 aliphatic heterocycles. The molecule has 0 amide bonds. The van der Waals surface area contributed by atoms with Crippen molar-refractivity contribution in [1.82, 2.24) is 19.6 Å². The van der Waals surface area contributed by atoms with Crippen LogP contribution in [0.2, 0.25) is 0 Å². The number of hydrogen-bond acceptors (Lipinski definition) is 5. The van der Waals surface area contributed by atoms with Crippen LogP contribution < -0.4 is 11.1 Å². The second kappa shape index (κ2) is 3.41. The molecule has 1 aliphatic carbocycles. The third-order valence-electron chi connectivity index (χ3n) is 3.01. The van der Waals surface area contributed by atoms with Gasteiger partial charge in [-0.1, -0.05) is 0 Å². The van der Waals surface area contributed by atoms with E-state index in [0.717, 1.165) is 30.1 Å². The first kappa shape index (κ1) is 9.53. The monoisotopic (exact) mass is 218 g/mol. The quantitative estimate of drug-likeness (QED) is 0.759. The summed E-state index contributed by atoms with van der Waals surface area (Å²) in [7, 11) is 0. The van der Waals surface area contributed by atoms with Crippen LogP contribution in [0.25, 0.3) is 5.65 Å². The van der Waals surface area contributed by atoms with Gasteiger partial charge < -0.3 is 11.1 Å². The predicted molar refractivity (Wildman–Crippen MR) is 60.1 cm³/mol. The lowest BCUT2D eigenvalue weighted by Gasteiger charge is -2.33. The maximum atomic E-state index is 5.75. The molecule has 0 aromatic carbocycles. The van der Waals surface area contributed by atoms with Crippen LogP contribution >= 0.6 is 0 Å². The number of aryl methyl sites for hydroxylation is 1. The molecule has 6 nitrogen and oxygen atoms in total. The lowest BCUT2D eigenvalue weighted by Crippen LogP contribution is -2.44. The van der Waals surface area contributed by atoms with Gasteiger partial charge in [0.15, 0.2) is 5.82 Å². The largest absolute Gasteiger partial charge is 0.364 e.